The van der Waals surface area contributed by atoms with Gasteiger partial charge < -0.3 is 0 Å². The molecule has 55 heavy (non-hydrogen) atoms. The van der Waals surface area contributed by atoms with Crippen molar-refractivity contribution in [2.45, 2.75) is 13.3 Å². The highest BCUT2D eigenvalue weighted by molar-refractivity contribution is 6.38. The van der Waals surface area contributed by atoms with E-state index in [1.54, 1.807) is 0 Å². The van der Waals surface area contributed by atoms with Crippen LogP contribution in [0.25, 0.3) is 114 Å². The number of fused-ring (bicyclic) bond motifs is 4. The number of nitrogens with zero attached hydrogens (tertiary/aromatic N) is 2. The van der Waals surface area contributed by atoms with Gasteiger partial charge in [-0.1, -0.05) is 153 Å². The zero-order valence-electron chi connectivity index (χ0n) is 30.3. The predicted molar refractivity (Wildman–Crippen MR) is 235 cm³/mol. The molecule has 0 atom stereocenters. The number of hydrogen-bond acceptors (Lipinski definition) is 1. The summed E-state index contributed by atoms with van der Waals surface area (Å²) in [6.45, 7) is 2.17. The summed E-state index contributed by atoms with van der Waals surface area (Å²) in [7, 11) is 0. The molecule has 0 amide bonds. The Bertz CT molecular complexity index is 3510. The highest BCUT2D eigenvalue weighted by Gasteiger charge is 2.19. The smallest absolute Gasteiger partial charge is 0.114 e. The summed E-state index contributed by atoms with van der Waals surface area (Å²) >= 11 is 0. The summed E-state index contributed by atoms with van der Waals surface area (Å²) in [5.41, 5.74) is 8.26. The molecule has 0 bridgehead atoms. The molecule has 1 heterocycles. The van der Waals surface area contributed by atoms with Crippen LogP contribution in [0.15, 0.2) is 176 Å². The summed E-state index contributed by atoms with van der Waals surface area (Å²) in [6, 6.07) is 65.4. The Labute approximate surface area is 317 Å². The van der Waals surface area contributed by atoms with Crippen molar-refractivity contribution in [2.75, 3.05) is 0 Å². The molecule has 2 nitrogen and oxygen atoms in total. The van der Waals surface area contributed by atoms with Crippen molar-refractivity contribution in [3.63, 3.8) is 0 Å². The van der Waals surface area contributed by atoms with Crippen LogP contribution >= 0.6 is 0 Å². The number of aromatic nitrogens is 2. The van der Waals surface area contributed by atoms with Crippen molar-refractivity contribution in [3.05, 3.63) is 182 Å². The van der Waals surface area contributed by atoms with Crippen LogP contribution in [0.5, 0.6) is 0 Å². The van der Waals surface area contributed by atoms with E-state index in [1.165, 1.54) is 97.7 Å². The Balaban J connectivity index is 1.11. The fourth-order valence-electron chi connectivity index (χ4n) is 9.70. The molecular formula is C53H34N2. The van der Waals surface area contributed by atoms with Crippen molar-refractivity contribution in [2.24, 2.45) is 0 Å². The molecule has 0 saturated heterocycles. The Kier molecular flexibility index (Phi) is 6.35. The fourth-order valence-corrected chi connectivity index (χ4v) is 9.70. The predicted octanol–water partition coefficient (Wildman–Crippen LogP) is 14.4. The molecule has 256 valence electrons. The maximum absolute atomic E-state index is 4.92. The van der Waals surface area contributed by atoms with Gasteiger partial charge in [0.05, 0.1) is 11.0 Å². The molecule has 0 radical (unpaired) electrons. The molecule has 1 aromatic heterocycles. The summed E-state index contributed by atoms with van der Waals surface area (Å²) < 4.78 is 2.29. The van der Waals surface area contributed by atoms with Gasteiger partial charge in [-0.25, -0.2) is 4.98 Å². The first-order chi connectivity index (χ1) is 27.2. The molecule has 0 fully saturated rings. The van der Waals surface area contributed by atoms with E-state index in [0.717, 1.165) is 29.0 Å². The van der Waals surface area contributed by atoms with Crippen molar-refractivity contribution in [1.82, 2.24) is 9.55 Å². The van der Waals surface area contributed by atoms with Crippen molar-refractivity contribution in [3.8, 4) is 27.9 Å². The van der Waals surface area contributed by atoms with Crippen LogP contribution in [0.4, 0.5) is 0 Å². The highest BCUT2D eigenvalue weighted by Crippen LogP contribution is 2.47. The monoisotopic (exact) mass is 698 g/mol. The Hall–Kier alpha value is -7.03. The molecular weight excluding hydrogens is 665 g/mol. The summed E-state index contributed by atoms with van der Waals surface area (Å²) in [5, 5.41) is 18.1. The van der Waals surface area contributed by atoms with Gasteiger partial charge in [-0.05, 0) is 128 Å². The lowest BCUT2D eigenvalue weighted by Crippen LogP contribution is -1.99. The number of benzene rings is 10. The van der Waals surface area contributed by atoms with Crippen LogP contribution in [0.1, 0.15) is 12.7 Å². The average molecular weight is 699 g/mol. The fraction of sp³-hybridized carbons (Fsp3) is 0.0377. The summed E-state index contributed by atoms with van der Waals surface area (Å²) in [4.78, 5) is 4.92. The second-order valence-corrected chi connectivity index (χ2v) is 14.9. The Morgan fingerprint density at radius 2 is 0.927 bits per heavy atom. The van der Waals surface area contributed by atoms with Gasteiger partial charge >= 0.3 is 0 Å². The van der Waals surface area contributed by atoms with Gasteiger partial charge in [-0.3, -0.25) is 4.57 Å². The molecule has 0 aliphatic heterocycles. The first kappa shape index (κ1) is 30.4. The number of hydrogen-bond donors (Lipinski definition) is 0. The largest absolute Gasteiger partial charge is 0.296 e. The van der Waals surface area contributed by atoms with Gasteiger partial charge in [0.15, 0.2) is 0 Å². The van der Waals surface area contributed by atoms with E-state index in [4.69, 9.17) is 4.98 Å². The number of imidazole rings is 1. The third-order valence-corrected chi connectivity index (χ3v) is 12.1. The van der Waals surface area contributed by atoms with Crippen LogP contribution in [0.2, 0.25) is 0 Å². The molecule has 0 unspecified atom stereocenters. The van der Waals surface area contributed by atoms with E-state index in [9.17, 15) is 0 Å². The van der Waals surface area contributed by atoms with Gasteiger partial charge in [0, 0.05) is 12.1 Å². The number of rotatable bonds is 4. The normalized spacial score (nSPS) is 12.2. The topological polar surface area (TPSA) is 17.8 Å². The lowest BCUT2D eigenvalue weighted by molar-refractivity contribution is 0.908. The second-order valence-electron chi connectivity index (χ2n) is 14.9. The summed E-state index contributed by atoms with van der Waals surface area (Å²) in [5.74, 6) is 1.07. The molecule has 0 N–H and O–H groups in total. The van der Waals surface area contributed by atoms with Gasteiger partial charge in [0.1, 0.15) is 5.82 Å². The number of para-hydroxylation sites is 2. The molecule has 12 rings (SSSR count). The number of aryl methyl sites for hydroxylation is 1. The highest BCUT2D eigenvalue weighted by atomic mass is 15.1. The van der Waals surface area contributed by atoms with Crippen molar-refractivity contribution in [1.29, 1.82) is 0 Å². The van der Waals surface area contributed by atoms with Gasteiger partial charge in [0.25, 0.3) is 0 Å². The van der Waals surface area contributed by atoms with E-state index in [1.807, 2.05) is 0 Å². The zero-order chi connectivity index (χ0) is 36.2. The molecule has 12 aromatic rings. The minimum atomic E-state index is 0.869. The lowest BCUT2D eigenvalue weighted by Gasteiger charge is -2.19. The standard InChI is InChI=1S/C53H34N2/c1-2-49-54-47-21-5-6-22-48(47)55(49)36-27-25-32(26-28-36)37-29-30-40(39-15-4-3-14-38(37)39)46-31-35-13-9-18-42-41-16-7-11-33-23-24-34-12-8-17-43(51(34)50(33)41)44-19-10-20-45(46)53(44)52(35)42/h3-31H,2H2,1H3. The molecule has 0 spiro atoms. The minimum absolute atomic E-state index is 0.869. The van der Waals surface area contributed by atoms with Gasteiger partial charge in [0.2, 0.25) is 0 Å². The van der Waals surface area contributed by atoms with E-state index in [-0.39, 0.29) is 0 Å². The van der Waals surface area contributed by atoms with Crippen LogP contribution in [0.3, 0.4) is 0 Å². The lowest BCUT2D eigenvalue weighted by atomic mass is 9.84. The second kappa shape index (κ2) is 11.5. The average Bonchev–Trinajstić information content (AvgIpc) is 3.63. The zero-order valence-corrected chi connectivity index (χ0v) is 30.3. The quantitative estimate of drug-likeness (QED) is 0.167. The van der Waals surface area contributed by atoms with E-state index >= 15 is 0 Å². The van der Waals surface area contributed by atoms with Gasteiger partial charge in [-0.15, -0.1) is 0 Å². The first-order valence-corrected chi connectivity index (χ1v) is 19.3. The van der Waals surface area contributed by atoms with E-state index in [0.29, 0.717) is 0 Å². The molecule has 0 saturated carbocycles. The first-order valence-electron chi connectivity index (χ1n) is 19.3. The van der Waals surface area contributed by atoms with Crippen LogP contribution in [-0.4, -0.2) is 9.55 Å². The molecule has 2 heteroatoms. The third kappa shape index (κ3) is 4.28. The molecule has 11 aromatic carbocycles. The van der Waals surface area contributed by atoms with E-state index in [2.05, 4.69) is 187 Å². The maximum atomic E-state index is 4.92. The van der Waals surface area contributed by atoms with Crippen LogP contribution in [0, 0.1) is 0 Å². The van der Waals surface area contributed by atoms with Crippen molar-refractivity contribution >= 4 is 86.4 Å². The van der Waals surface area contributed by atoms with Crippen LogP contribution < -0.4 is 0 Å². The molecule has 0 aliphatic rings. The SMILES string of the molecule is CCc1nc2ccccc2n1-c1ccc(-c2ccc(-c3cc4cccc5c6cccc7ccc8cccc(c9cccc3c9c45)c8c76)c3ccccc23)cc1. The minimum Gasteiger partial charge on any atom is -0.296 e. The molecule has 0 aliphatic carbocycles. The van der Waals surface area contributed by atoms with Crippen LogP contribution in [-0.2, 0) is 6.42 Å². The third-order valence-electron chi connectivity index (χ3n) is 12.1. The maximum Gasteiger partial charge on any atom is 0.114 e. The van der Waals surface area contributed by atoms with Crippen molar-refractivity contribution < 1.29 is 0 Å². The van der Waals surface area contributed by atoms with E-state index < -0.39 is 0 Å². The Morgan fingerprint density at radius 3 is 1.62 bits per heavy atom. The Morgan fingerprint density at radius 1 is 0.400 bits per heavy atom. The van der Waals surface area contributed by atoms with Gasteiger partial charge in [-0.2, -0.15) is 0 Å². The summed E-state index contributed by atoms with van der Waals surface area (Å²) in [6.07, 6.45) is 0.869.